The Kier molecular flexibility index (Phi) is 12.2. The van der Waals surface area contributed by atoms with Crippen LogP contribution in [0.15, 0.2) is 48.7 Å². The van der Waals surface area contributed by atoms with Crippen LogP contribution in [0.25, 0.3) is 22.3 Å². The molecule has 5 N–H and O–H groups in total. The summed E-state index contributed by atoms with van der Waals surface area (Å²) in [6.07, 6.45) is 4.46. The fourth-order valence-electron chi connectivity index (χ4n) is 6.03. The van der Waals surface area contributed by atoms with Crippen molar-refractivity contribution in [3.63, 3.8) is 0 Å². The van der Waals surface area contributed by atoms with E-state index in [4.69, 9.17) is 4.74 Å². The number of carbonyl (C=O) groups is 4. The molecule has 52 heavy (non-hydrogen) atoms. The van der Waals surface area contributed by atoms with Gasteiger partial charge in [0.05, 0.1) is 49.7 Å². The van der Waals surface area contributed by atoms with E-state index in [0.29, 0.717) is 18.9 Å². The van der Waals surface area contributed by atoms with E-state index in [1.807, 2.05) is 63.2 Å². The van der Waals surface area contributed by atoms with Gasteiger partial charge in [-0.25, -0.2) is 19.6 Å². The third kappa shape index (κ3) is 9.69. The van der Waals surface area contributed by atoms with Gasteiger partial charge in [0.1, 0.15) is 17.7 Å². The largest absolute Gasteiger partial charge is 0.453 e. The maximum atomic E-state index is 13.7. The molecule has 0 spiro atoms. The number of ether oxygens (including phenoxy) is 2. The first-order valence-corrected chi connectivity index (χ1v) is 17.3. The van der Waals surface area contributed by atoms with Crippen molar-refractivity contribution < 1.29 is 28.7 Å². The lowest BCUT2D eigenvalue weighted by atomic mass is 9.85. The quantitative estimate of drug-likeness (QED) is 0.111. The molecule has 2 aromatic carbocycles. The van der Waals surface area contributed by atoms with Crippen LogP contribution in [0.3, 0.4) is 0 Å². The van der Waals surface area contributed by atoms with Gasteiger partial charge in [-0.15, -0.1) is 0 Å². The maximum absolute atomic E-state index is 13.7. The summed E-state index contributed by atoms with van der Waals surface area (Å²) >= 11 is 0. The van der Waals surface area contributed by atoms with Crippen molar-refractivity contribution in [2.45, 2.75) is 65.0 Å². The normalized spacial score (nSPS) is 14.6. The molecule has 2 unspecified atom stereocenters. The number of H-pyrrole nitrogens is 2. The number of aryl methyl sites for hydroxylation is 1. The second kappa shape index (κ2) is 16.9. The lowest BCUT2D eigenvalue weighted by Gasteiger charge is -2.35. The van der Waals surface area contributed by atoms with E-state index in [9.17, 15) is 19.2 Å². The second-order valence-electron chi connectivity index (χ2n) is 13.7. The van der Waals surface area contributed by atoms with Crippen molar-refractivity contribution in [1.29, 1.82) is 0 Å². The number of fused-ring (bicyclic) bond motifs is 1. The van der Waals surface area contributed by atoms with Gasteiger partial charge in [-0.05, 0) is 67.0 Å². The monoisotopic (exact) mass is 710 g/mol. The number of benzene rings is 2. The van der Waals surface area contributed by atoms with Crippen LogP contribution in [0.5, 0.6) is 0 Å². The SMILES string of the molecule is COC(=O)NCC(=O)NCCCCc1nc2ccc(C#Cc3ccc(-c4cnc(C5CCCN5C(=O)C(NC(=O)OC)C(C)(C)C)[nH]4)cc3)cc2[nH]1. The first kappa shape index (κ1) is 37.4. The summed E-state index contributed by atoms with van der Waals surface area (Å²) in [6.45, 7) is 6.71. The van der Waals surface area contributed by atoms with Crippen LogP contribution in [0.2, 0.25) is 0 Å². The van der Waals surface area contributed by atoms with E-state index in [1.54, 1.807) is 11.1 Å². The molecule has 3 heterocycles. The Labute approximate surface area is 302 Å². The number of nitrogens with zero attached hydrogens (tertiary/aromatic N) is 3. The highest BCUT2D eigenvalue weighted by Gasteiger charge is 2.41. The number of unbranched alkanes of at least 4 members (excludes halogenated alkanes) is 1. The van der Waals surface area contributed by atoms with E-state index in [-0.39, 0.29) is 24.4 Å². The van der Waals surface area contributed by atoms with E-state index >= 15 is 0 Å². The topological polar surface area (TPSA) is 183 Å². The van der Waals surface area contributed by atoms with E-state index in [0.717, 1.165) is 71.3 Å². The molecule has 0 saturated carbocycles. The zero-order valence-electron chi connectivity index (χ0n) is 30.2. The fraction of sp³-hybridized carbons (Fsp3) is 0.421. The molecule has 5 rings (SSSR count). The molecule has 4 aromatic rings. The van der Waals surface area contributed by atoms with Crippen LogP contribution in [0.4, 0.5) is 9.59 Å². The Hall–Kier alpha value is -5.84. The summed E-state index contributed by atoms with van der Waals surface area (Å²) in [4.78, 5) is 66.4. The van der Waals surface area contributed by atoms with Gasteiger partial charge in [0.25, 0.3) is 0 Å². The number of rotatable bonds is 11. The number of hydrogen-bond donors (Lipinski definition) is 5. The van der Waals surface area contributed by atoms with Gasteiger partial charge < -0.3 is 40.3 Å². The first-order valence-electron chi connectivity index (χ1n) is 17.3. The lowest BCUT2D eigenvalue weighted by molar-refractivity contribution is -0.137. The van der Waals surface area contributed by atoms with Gasteiger partial charge in [-0.2, -0.15) is 0 Å². The minimum Gasteiger partial charge on any atom is -0.453 e. The Bertz CT molecular complexity index is 1950. The van der Waals surface area contributed by atoms with Gasteiger partial charge in [-0.3, -0.25) is 9.59 Å². The highest BCUT2D eigenvalue weighted by Crippen LogP contribution is 2.34. The summed E-state index contributed by atoms with van der Waals surface area (Å²) in [5.41, 5.74) is 4.77. The molecule has 0 radical (unpaired) electrons. The Morgan fingerprint density at radius 1 is 0.962 bits per heavy atom. The molecule has 0 aliphatic carbocycles. The number of imidazole rings is 2. The molecule has 14 heteroatoms. The van der Waals surface area contributed by atoms with Gasteiger partial charge in [0, 0.05) is 30.6 Å². The van der Waals surface area contributed by atoms with Crippen molar-refractivity contribution in [2.24, 2.45) is 5.41 Å². The number of methoxy groups -OCH3 is 2. The molecule has 274 valence electrons. The van der Waals surface area contributed by atoms with Crippen molar-refractivity contribution in [1.82, 2.24) is 40.8 Å². The third-order valence-electron chi connectivity index (χ3n) is 8.83. The number of hydrogen-bond acceptors (Lipinski definition) is 8. The molecular formula is C38H46N8O6. The minimum absolute atomic E-state index is 0.121. The highest BCUT2D eigenvalue weighted by atomic mass is 16.5. The van der Waals surface area contributed by atoms with Gasteiger partial charge in [0.2, 0.25) is 11.8 Å². The smallest absolute Gasteiger partial charge is 0.407 e. The van der Waals surface area contributed by atoms with Gasteiger partial charge in [0.15, 0.2) is 0 Å². The zero-order chi connectivity index (χ0) is 37.3. The highest BCUT2D eigenvalue weighted by molar-refractivity contribution is 5.87. The summed E-state index contributed by atoms with van der Waals surface area (Å²) in [7, 11) is 2.53. The summed E-state index contributed by atoms with van der Waals surface area (Å²) < 4.78 is 9.23. The standard InChI is InChI=1S/C38H46N8O6/c1-38(2,3)33(45-37(50)52-5)35(48)46-20-8-9-30(46)34-40-22-29(44-34)26-16-13-24(14-17-26)11-12-25-15-18-27-28(21-25)43-31(42-27)10-6-7-19-39-32(47)23-41-36(49)51-4/h13-18,21-22,30,33H,6-10,19-20,23H2,1-5H3,(H,39,47)(H,40,44)(H,41,49)(H,42,43)(H,45,50). The zero-order valence-corrected chi connectivity index (χ0v) is 30.2. The number of carbonyl (C=O) groups excluding carboxylic acids is 4. The number of nitrogens with one attached hydrogen (secondary N) is 5. The molecule has 1 aliphatic heterocycles. The van der Waals surface area contributed by atoms with Gasteiger partial charge in [-0.1, -0.05) is 44.7 Å². The van der Waals surface area contributed by atoms with Crippen molar-refractivity contribution in [2.75, 3.05) is 33.9 Å². The molecule has 1 saturated heterocycles. The van der Waals surface area contributed by atoms with Crippen LogP contribution >= 0.6 is 0 Å². The molecule has 1 aliphatic rings. The molecule has 2 aromatic heterocycles. The van der Waals surface area contributed by atoms with Crippen molar-refractivity contribution >= 4 is 35.0 Å². The van der Waals surface area contributed by atoms with E-state index in [2.05, 4.69) is 52.5 Å². The Morgan fingerprint density at radius 2 is 1.69 bits per heavy atom. The summed E-state index contributed by atoms with van der Waals surface area (Å²) in [5, 5.41) is 7.83. The number of aromatic nitrogens is 4. The molecule has 0 bridgehead atoms. The molecule has 1 fully saturated rings. The fourth-order valence-corrected chi connectivity index (χ4v) is 6.03. The number of likely N-dealkylation sites (tertiary alicyclic amines) is 1. The first-order chi connectivity index (χ1) is 24.9. The lowest BCUT2D eigenvalue weighted by Crippen LogP contribution is -2.54. The van der Waals surface area contributed by atoms with Crippen LogP contribution in [-0.2, 0) is 25.5 Å². The van der Waals surface area contributed by atoms with Crippen molar-refractivity contribution in [3.8, 4) is 23.1 Å². The third-order valence-corrected chi connectivity index (χ3v) is 8.83. The maximum Gasteiger partial charge on any atom is 0.407 e. The number of aromatic amines is 2. The number of alkyl carbamates (subject to hydrolysis) is 2. The average Bonchev–Trinajstić information content (AvgIpc) is 3.91. The van der Waals surface area contributed by atoms with Crippen LogP contribution in [0.1, 0.15) is 75.3 Å². The summed E-state index contributed by atoms with van der Waals surface area (Å²) in [6, 6.07) is 12.8. The molecular weight excluding hydrogens is 664 g/mol. The van der Waals surface area contributed by atoms with Crippen LogP contribution < -0.4 is 16.0 Å². The van der Waals surface area contributed by atoms with Crippen molar-refractivity contribution in [3.05, 3.63) is 71.4 Å². The van der Waals surface area contributed by atoms with Crippen LogP contribution in [0, 0.1) is 17.3 Å². The Balaban J connectivity index is 1.15. The summed E-state index contributed by atoms with van der Waals surface area (Å²) in [5.74, 6) is 7.64. The minimum atomic E-state index is -0.739. The predicted molar refractivity (Wildman–Crippen MR) is 195 cm³/mol. The second-order valence-corrected chi connectivity index (χ2v) is 13.7. The Morgan fingerprint density at radius 3 is 2.42 bits per heavy atom. The predicted octanol–water partition coefficient (Wildman–Crippen LogP) is 4.58. The molecule has 2 atom stereocenters. The molecule has 14 nitrogen and oxygen atoms in total. The van der Waals surface area contributed by atoms with E-state index < -0.39 is 23.6 Å². The number of amides is 4. The van der Waals surface area contributed by atoms with Crippen LogP contribution in [-0.4, -0.2) is 88.7 Å². The average molecular weight is 711 g/mol. The van der Waals surface area contributed by atoms with Gasteiger partial charge >= 0.3 is 12.2 Å². The van der Waals surface area contributed by atoms with E-state index in [1.165, 1.54) is 14.2 Å². The molecule has 4 amide bonds.